The van der Waals surface area contributed by atoms with Crippen molar-refractivity contribution in [2.75, 3.05) is 19.0 Å². The first-order valence-corrected chi connectivity index (χ1v) is 23.4. The van der Waals surface area contributed by atoms with E-state index >= 15 is 0 Å². The number of pyridine rings is 1. The Labute approximate surface area is 376 Å². The first-order valence-electron chi connectivity index (χ1n) is 23.4. The highest BCUT2D eigenvalue weighted by Gasteiger charge is 2.60. The van der Waals surface area contributed by atoms with Gasteiger partial charge in [0.25, 0.3) is 0 Å². The van der Waals surface area contributed by atoms with Crippen LogP contribution in [-0.4, -0.2) is 113 Å². The molecule has 15 heteroatoms. The van der Waals surface area contributed by atoms with Gasteiger partial charge in [-0.25, -0.2) is 4.79 Å². The quantitative estimate of drug-likeness (QED) is 0.113. The van der Waals surface area contributed by atoms with Gasteiger partial charge in [-0.05, 0) is 87.1 Å². The summed E-state index contributed by atoms with van der Waals surface area (Å²) in [6, 6.07) is 3.33. The Hall–Kier alpha value is -3.80. The van der Waals surface area contributed by atoms with Crippen LogP contribution in [0.15, 0.2) is 76.8 Å². The first kappa shape index (κ1) is 46.7. The fourth-order valence-electron chi connectivity index (χ4n) is 11.0. The number of rotatable bonds is 6. The maximum Gasteiger partial charge on any atom is 0.437 e. The Morgan fingerprint density at radius 1 is 1.06 bits per heavy atom. The molecule has 1 saturated carbocycles. The third kappa shape index (κ3) is 9.97. The SMILES string of the molecule is COC1CC(OC2/C(C)=C/CC3CC(CC4(CCC(C)C(C5CCCCC5)O4)O3)OC(=O)C3C=C(C)/C(=N\OC(=O)Nc4cccnc4)C4OC/C(=C\C=C\C2C)C34O)OC(C)C1O. The summed E-state index contributed by atoms with van der Waals surface area (Å²) in [6.45, 7) is 9.89. The highest BCUT2D eigenvalue weighted by molar-refractivity contribution is 6.07. The van der Waals surface area contributed by atoms with Crippen LogP contribution < -0.4 is 5.32 Å². The van der Waals surface area contributed by atoms with Crippen molar-refractivity contribution >= 4 is 23.5 Å². The highest BCUT2D eigenvalue weighted by Crippen LogP contribution is 2.48. The molecule has 14 unspecified atom stereocenters. The Morgan fingerprint density at radius 2 is 1.88 bits per heavy atom. The predicted octanol–water partition coefficient (Wildman–Crippen LogP) is 7.24. The largest absolute Gasteiger partial charge is 0.462 e. The number of aromatic nitrogens is 1. The molecule has 7 aliphatic rings. The summed E-state index contributed by atoms with van der Waals surface area (Å²) < 4.78 is 45.6. The molecule has 0 radical (unpaired) electrons. The summed E-state index contributed by atoms with van der Waals surface area (Å²) in [5, 5.41) is 30.4. The first-order chi connectivity index (χ1) is 30.8. The average Bonchev–Trinajstić information content (AvgIpc) is 3.62. The molecule has 15 nitrogen and oxygen atoms in total. The molecule has 0 aromatic carbocycles. The standard InChI is InChI=1S/C49H67N3O12/c1-28-12-10-15-34-27-58-45-41(52-64-47(55)51-35-16-11-21-50-26-35)31(4)22-38(49(34,45)56)46(54)60-37-23-36(18-17-29(2)43(28)61-40-24-39(57-6)42(53)32(5)59-40)62-48(25-37)20-19-30(3)44(63-48)33-13-8-7-9-14-33/h10-12,15-17,21-22,26,28,30,32-33,36-40,42-45,53,56H,7-9,13-14,18-20,23-25,27H2,1-6H3,(H,51,55)/b12-10+,29-17+,34-15+,52-41+. The number of nitrogens with zero attached hydrogens (tertiary/aromatic N) is 2. The highest BCUT2D eigenvalue weighted by atomic mass is 16.7. The van der Waals surface area contributed by atoms with Crippen LogP contribution in [0, 0.1) is 23.7 Å². The molecule has 3 N–H and O–H groups in total. The number of anilines is 1. The lowest BCUT2D eigenvalue weighted by molar-refractivity contribution is -0.342. The van der Waals surface area contributed by atoms with Crippen molar-refractivity contribution in [2.24, 2.45) is 28.8 Å². The van der Waals surface area contributed by atoms with Gasteiger partial charge in [0, 0.05) is 44.9 Å². The van der Waals surface area contributed by atoms with Gasteiger partial charge in [-0.1, -0.05) is 68.6 Å². The number of nitrogens with one attached hydrogen (secondary N) is 1. The van der Waals surface area contributed by atoms with Crippen LogP contribution in [0.1, 0.15) is 105 Å². The van der Waals surface area contributed by atoms with E-state index in [1.165, 1.54) is 25.5 Å². The van der Waals surface area contributed by atoms with E-state index in [2.05, 4.69) is 28.5 Å². The number of ether oxygens (including phenoxy) is 7. The molecule has 8 rings (SSSR count). The topological polar surface area (TPSA) is 186 Å². The van der Waals surface area contributed by atoms with Gasteiger partial charge in [-0.3, -0.25) is 19.9 Å². The second-order valence-corrected chi connectivity index (χ2v) is 19.2. The number of hydrogen-bond acceptors (Lipinski definition) is 14. The van der Waals surface area contributed by atoms with Crippen molar-refractivity contribution in [3.8, 4) is 0 Å². The minimum atomic E-state index is -1.94. The summed E-state index contributed by atoms with van der Waals surface area (Å²) in [4.78, 5) is 36.9. The summed E-state index contributed by atoms with van der Waals surface area (Å²) in [5.41, 5.74) is 0.531. The maximum absolute atomic E-state index is 14.7. The van der Waals surface area contributed by atoms with E-state index in [0.717, 1.165) is 24.8 Å². The normalized spacial score (nSPS) is 42.6. The Kier molecular flexibility index (Phi) is 14.6. The van der Waals surface area contributed by atoms with Crippen molar-refractivity contribution < 1.29 is 57.8 Å². The number of fused-ring (bicyclic) bond motifs is 2. The van der Waals surface area contributed by atoms with E-state index in [0.29, 0.717) is 60.8 Å². The second kappa shape index (κ2) is 20.0. The zero-order valence-corrected chi connectivity index (χ0v) is 38.1. The summed E-state index contributed by atoms with van der Waals surface area (Å²) >= 11 is 0. The molecule has 5 fully saturated rings. The number of carbonyl (C=O) groups is 2. The van der Waals surface area contributed by atoms with Gasteiger partial charge >= 0.3 is 12.1 Å². The molecule has 2 bridgehead atoms. The molecule has 1 spiro atoms. The monoisotopic (exact) mass is 889 g/mol. The van der Waals surface area contributed by atoms with Crippen LogP contribution in [-0.2, 0) is 42.8 Å². The predicted molar refractivity (Wildman–Crippen MR) is 236 cm³/mol. The molecule has 1 aromatic heterocycles. The van der Waals surface area contributed by atoms with Gasteiger partial charge in [0.1, 0.15) is 35.5 Å². The number of oxime groups is 1. The van der Waals surface area contributed by atoms with E-state index in [4.69, 9.17) is 38.0 Å². The molecule has 1 amide bonds. The van der Waals surface area contributed by atoms with Gasteiger partial charge < -0.3 is 43.4 Å². The van der Waals surface area contributed by atoms with Gasteiger partial charge in [0.05, 0.1) is 49.0 Å². The zero-order valence-electron chi connectivity index (χ0n) is 38.1. The third-order valence-electron chi connectivity index (χ3n) is 14.6. The fourth-order valence-corrected chi connectivity index (χ4v) is 11.0. The molecule has 1 aromatic rings. The summed E-state index contributed by atoms with van der Waals surface area (Å²) in [5.74, 6) is -2.11. The van der Waals surface area contributed by atoms with Crippen molar-refractivity contribution in [2.45, 2.75) is 172 Å². The van der Waals surface area contributed by atoms with Gasteiger partial charge in [-0.2, -0.15) is 0 Å². The van der Waals surface area contributed by atoms with Crippen molar-refractivity contribution in [3.63, 3.8) is 0 Å². The minimum absolute atomic E-state index is 0.0316. The number of methoxy groups -OCH3 is 1. The summed E-state index contributed by atoms with van der Waals surface area (Å²) in [7, 11) is 1.58. The Bertz CT molecular complexity index is 1980. The number of hydrogen-bond donors (Lipinski definition) is 3. The van der Waals surface area contributed by atoms with Gasteiger partial charge in [0.15, 0.2) is 12.1 Å². The van der Waals surface area contributed by atoms with E-state index < -0.39 is 72.3 Å². The number of carbonyl (C=O) groups excluding carboxylic acids is 2. The number of amides is 1. The molecule has 14 atom stereocenters. The van der Waals surface area contributed by atoms with E-state index in [9.17, 15) is 19.8 Å². The molecule has 4 saturated heterocycles. The van der Waals surface area contributed by atoms with Crippen LogP contribution in [0.2, 0.25) is 0 Å². The smallest absolute Gasteiger partial charge is 0.437 e. The van der Waals surface area contributed by atoms with Gasteiger partial charge in [-0.15, -0.1) is 0 Å². The molecule has 5 aliphatic heterocycles. The minimum Gasteiger partial charge on any atom is -0.462 e. The third-order valence-corrected chi connectivity index (χ3v) is 14.6. The number of allylic oxidation sites excluding steroid dienone is 2. The lowest BCUT2D eigenvalue weighted by atomic mass is 9.71. The number of aliphatic hydroxyl groups is 2. The van der Waals surface area contributed by atoms with Crippen LogP contribution in [0.4, 0.5) is 10.5 Å². The maximum atomic E-state index is 14.7. The fraction of sp³-hybridized carbons (Fsp3) is 0.673. The molecule has 2 aliphatic carbocycles. The van der Waals surface area contributed by atoms with Crippen LogP contribution in [0.5, 0.6) is 0 Å². The molecular weight excluding hydrogens is 823 g/mol. The van der Waals surface area contributed by atoms with E-state index in [-0.39, 0.29) is 30.4 Å². The lowest BCUT2D eigenvalue weighted by Crippen LogP contribution is -2.58. The summed E-state index contributed by atoms with van der Waals surface area (Å²) in [6.07, 6.45) is 15.9. The van der Waals surface area contributed by atoms with Crippen LogP contribution in [0.3, 0.4) is 0 Å². The van der Waals surface area contributed by atoms with Crippen molar-refractivity contribution in [3.05, 3.63) is 71.6 Å². The van der Waals surface area contributed by atoms with Crippen molar-refractivity contribution in [1.29, 1.82) is 0 Å². The van der Waals surface area contributed by atoms with Crippen LogP contribution >= 0.6 is 0 Å². The number of esters is 1. The zero-order chi connectivity index (χ0) is 45.2. The Morgan fingerprint density at radius 3 is 2.64 bits per heavy atom. The number of aliphatic hydroxyl groups excluding tert-OH is 1. The molecule has 6 heterocycles. The molecule has 64 heavy (non-hydrogen) atoms. The lowest BCUT2D eigenvalue weighted by Gasteiger charge is -2.51. The van der Waals surface area contributed by atoms with E-state index in [1.807, 2.05) is 32.9 Å². The molecule has 350 valence electrons. The second-order valence-electron chi connectivity index (χ2n) is 19.2. The molecular formula is C49H67N3O12. The Balaban J connectivity index is 1.14. The van der Waals surface area contributed by atoms with Crippen LogP contribution in [0.25, 0.3) is 0 Å². The van der Waals surface area contributed by atoms with Gasteiger partial charge in [0.2, 0.25) is 0 Å². The van der Waals surface area contributed by atoms with Crippen molar-refractivity contribution in [1.82, 2.24) is 4.98 Å². The van der Waals surface area contributed by atoms with E-state index in [1.54, 1.807) is 44.5 Å². The average molecular weight is 890 g/mol.